The van der Waals surface area contributed by atoms with Crippen molar-refractivity contribution in [3.63, 3.8) is 0 Å². The zero-order valence-electron chi connectivity index (χ0n) is 16.9. The molecule has 0 spiro atoms. The van der Waals surface area contributed by atoms with E-state index >= 15 is 4.39 Å². The second-order valence-electron chi connectivity index (χ2n) is 7.48. The molecule has 3 aromatic rings. The zero-order chi connectivity index (χ0) is 21.9. The third kappa shape index (κ3) is 2.95. The number of nitrogens with zero attached hydrogens (tertiary/aromatic N) is 2. The van der Waals surface area contributed by atoms with Crippen molar-refractivity contribution in [1.82, 2.24) is 4.57 Å². The highest BCUT2D eigenvalue weighted by atomic mass is 32.2. The molecule has 5 rings (SSSR count). The van der Waals surface area contributed by atoms with Crippen LogP contribution in [-0.4, -0.2) is 36.4 Å². The molecule has 2 aliphatic rings. The Bertz CT molecular complexity index is 1320. The number of benzene rings is 2. The van der Waals surface area contributed by atoms with Crippen molar-refractivity contribution in [3.05, 3.63) is 57.0 Å². The van der Waals surface area contributed by atoms with E-state index in [1.807, 2.05) is 17.0 Å². The monoisotopic (exact) mass is 442 g/mol. The third-order valence-electron chi connectivity index (χ3n) is 5.89. The predicted molar refractivity (Wildman–Crippen MR) is 115 cm³/mol. The van der Waals surface area contributed by atoms with Gasteiger partial charge in [-0.1, -0.05) is 11.8 Å². The molecule has 0 atom stereocenters. The molecule has 0 bridgehead atoms. The van der Waals surface area contributed by atoms with E-state index in [-0.39, 0.29) is 10.9 Å². The molecule has 0 radical (unpaired) electrons. The second kappa shape index (κ2) is 7.19. The van der Waals surface area contributed by atoms with Gasteiger partial charge in [0, 0.05) is 18.5 Å². The maximum atomic E-state index is 15.1. The number of aromatic nitrogens is 1. The van der Waals surface area contributed by atoms with E-state index in [4.69, 9.17) is 9.47 Å². The lowest BCUT2D eigenvalue weighted by Crippen LogP contribution is -2.32. The van der Waals surface area contributed by atoms with Gasteiger partial charge in [0.2, 0.25) is 5.43 Å². The summed E-state index contributed by atoms with van der Waals surface area (Å²) in [6, 6.07) is 6.69. The van der Waals surface area contributed by atoms with Gasteiger partial charge in [-0.25, -0.2) is 9.18 Å². The van der Waals surface area contributed by atoms with E-state index in [2.05, 4.69) is 0 Å². The summed E-state index contributed by atoms with van der Waals surface area (Å²) in [5, 5.41) is 9.93. The number of methoxy groups -OCH3 is 2. The smallest absolute Gasteiger partial charge is 0.342 e. The molecule has 1 N–H and O–H groups in total. The van der Waals surface area contributed by atoms with Crippen LogP contribution in [0.2, 0.25) is 0 Å². The van der Waals surface area contributed by atoms with Crippen molar-refractivity contribution in [1.29, 1.82) is 0 Å². The molecule has 3 heterocycles. The Kier molecular flexibility index (Phi) is 4.58. The van der Waals surface area contributed by atoms with Crippen LogP contribution in [0.5, 0.6) is 11.5 Å². The number of thioether (sulfide) groups is 1. The van der Waals surface area contributed by atoms with Gasteiger partial charge in [-0.05, 0) is 41.8 Å². The average Bonchev–Trinajstić information content (AvgIpc) is 2.74. The number of carboxylic acid groups (broad SMARTS) is 1. The summed E-state index contributed by atoms with van der Waals surface area (Å²) >= 11 is 1.31. The van der Waals surface area contributed by atoms with Gasteiger partial charge in [-0.15, -0.1) is 0 Å². The molecular weight excluding hydrogens is 423 g/mol. The van der Waals surface area contributed by atoms with E-state index in [9.17, 15) is 14.7 Å². The Morgan fingerprint density at radius 3 is 2.45 bits per heavy atom. The SMILES string of the molecule is COc1cc2c(cc1OC)CN(c1cc3c(cc1F)c(=O)c(C(=O)O)c1n3CS1)CC2. The molecule has 2 aromatic carbocycles. The minimum Gasteiger partial charge on any atom is -0.493 e. The molecule has 7 nitrogen and oxygen atoms in total. The third-order valence-corrected chi connectivity index (χ3v) is 6.97. The summed E-state index contributed by atoms with van der Waals surface area (Å²) in [6.45, 7) is 1.08. The fraction of sp³-hybridized carbons (Fsp3) is 0.273. The number of pyridine rings is 1. The first-order valence-electron chi connectivity index (χ1n) is 9.67. The Labute approximate surface area is 181 Å². The number of aromatic carboxylic acids is 1. The van der Waals surface area contributed by atoms with E-state index in [0.29, 0.717) is 53.1 Å². The Morgan fingerprint density at radius 1 is 1.13 bits per heavy atom. The number of hydrogen-bond acceptors (Lipinski definition) is 6. The van der Waals surface area contributed by atoms with Crippen LogP contribution in [0.4, 0.5) is 10.1 Å². The first-order chi connectivity index (χ1) is 14.9. The summed E-state index contributed by atoms with van der Waals surface area (Å²) in [5.74, 6) is -0.0240. The van der Waals surface area contributed by atoms with Crippen LogP contribution in [-0.2, 0) is 18.8 Å². The summed E-state index contributed by atoms with van der Waals surface area (Å²) in [6.07, 6.45) is 0.707. The van der Waals surface area contributed by atoms with E-state index in [1.54, 1.807) is 24.9 Å². The van der Waals surface area contributed by atoms with Crippen molar-refractivity contribution < 1.29 is 23.8 Å². The molecule has 31 heavy (non-hydrogen) atoms. The molecule has 0 fully saturated rings. The molecule has 0 amide bonds. The van der Waals surface area contributed by atoms with Crippen molar-refractivity contribution in [2.45, 2.75) is 23.9 Å². The van der Waals surface area contributed by atoms with Crippen molar-refractivity contribution in [2.24, 2.45) is 0 Å². The standard InChI is InChI=1S/C22H19FN2O5S/c1-29-17-5-11-3-4-24(9-12(11)6-18(17)30-2)16-8-15-13(7-14(16)23)20(26)19(22(27)28)21-25(15)10-31-21/h5-8H,3-4,9-10H2,1-2H3,(H,27,28). The lowest BCUT2D eigenvalue weighted by molar-refractivity contribution is 0.0689. The number of halogens is 1. The zero-order valence-corrected chi connectivity index (χ0v) is 17.7. The number of anilines is 1. The van der Waals surface area contributed by atoms with Gasteiger partial charge >= 0.3 is 5.97 Å². The van der Waals surface area contributed by atoms with Gasteiger partial charge in [0.05, 0.1) is 36.3 Å². The van der Waals surface area contributed by atoms with Crippen LogP contribution in [0.1, 0.15) is 21.5 Å². The maximum absolute atomic E-state index is 15.1. The fourth-order valence-electron chi connectivity index (χ4n) is 4.29. The van der Waals surface area contributed by atoms with Gasteiger partial charge in [0.1, 0.15) is 11.4 Å². The van der Waals surface area contributed by atoms with Crippen molar-refractivity contribution >= 4 is 34.3 Å². The van der Waals surface area contributed by atoms with Crippen LogP contribution in [0.15, 0.2) is 34.1 Å². The highest BCUT2D eigenvalue weighted by Gasteiger charge is 2.29. The number of hydrogen-bond donors (Lipinski definition) is 1. The number of fused-ring (bicyclic) bond motifs is 4. The lowest BCUT2D eigenvalue weighted by Gasteiger charge is -2.32. The highest BCUT2D eigenvalue weighted by Crippen LogP contribution is 2.39. The van der Waals surface area contributed by atoms with Crippen LogP contribution in [0.25, 0.3) is 10.9 Å². The highest BCUT2D eigenvalue weighted by molar-refractivity contribution is 7.99. The molecule has 0 saturated carbocycles. The molecule has 0 unspecified atom stereocenters. The number of carbonyl (C=O) groups is 1. The number of ether oxygens (including phenoxy) is 2. The minimum atomic E-state index is -1.29. The van der Waals surface area contributed by atoms with Crippen LogP contribution >= 0.6 is 11.8 Å². The Balaban J connectivity index is 1.60. The van der Waals surface area contributed by atoms with Gasteiger partial charge in [-0.3, -0.25) is 4.79 Å². The first-order valence-corrected chi connectivity index (χ1v) is 10.7. The van der Waals surface area contributed by atoms with Gasteiger partial charge in [0.15, 0.2) is 11.5 Å². The molecule has 9 heteroatoms. The van der Waals surface area contributed by atoms with Gasteiger partial charge in [0.25, 0.3) is 0 Å². The van der Waals surface area contributed by atoms with Crippen LogP contribution in [0.3, 0.4) is 0 Å². The number of carboxylic acids is 1. The number of rotatable bonds is 4. The minimum absolute atomic E-state index is 0.0894. The fourth-order valence-corrected chi connectivity index (χ4v) is 5.24. The normalized spacial score (nSPS) is 14.6. The Morgan fingerprint density at radius 2 is 1.84 bits per heavy atom. The van der Waals surface area contributed by atoms with Crippen LogP contribution < -0.4 is 19.8 Å². The summed E-state index contributed by atoms with van der Waals surface area (Å²) in [7, 11) is 3.17. The van der Waals surface area contributed by atoms with Gasteiger partial charge in [-0.2, -0.15) is 0 Å². The first kappa shape index (κ1) is 19.7. The van der Waals surface area contributed by atoms with Crippen LogP contribution in [0, 0.1) is 5.82 Å². The average molecular weight is 442 g/mol. The molecule has 1 aromatic heterocycles. The van der Waals surface area contributed by atoms with Gasteiger partial charge < -0.3 is 24.0 Å². The largest absolute Gasteiger partial charge is 0.493 e. The summed E-state index contributed by atoms with van der Waals surface area (Å²) in [4.78, 5) is 26.2. The van der Waals surface area contributed by atoms with E-state index < -0.39 is 17.2 Å². The maximum Gasteiger partial charge on any atom is 0.342 e. The van der Waals surface area contributed by atoms with Crippen molar-refractivity contribution in [2.75, 3.05) is 25.7 Å². The molecule has 0 saturated heterocycles. The molecular formula is C22H19FN2O5S. The topological polar surface area (TPSA) is 81.0 Å². The Hall–Kier alpha value is -3.20. The molecule has 160 valence electrons. The molecule has 2 aliphatic heterocycles. The van der Waals surface area contributed by atoms with E-state index in [0.717, 1.165) is 11.1 Å². The summed E-state index contributed by atoms with van der Waals surface area (Å²) < 4.78 is 27.7. The lowest BCUT2D eigenvalue weighted by atomic mass is 9.98. The molecule has 0 aliphatic carbocycles. The summed E-state index contributed by atoms with van der Waals surface area (Å²) in [5.41, 5.74) is 2.15. The predicted octanol–water partition coefficient (Wildman–Crippen LogP) is 3.48. The van der Waals surface area contributed by atoms with E-state index in [1.165, 1.54) is 17.8 Å². The second-order valence-corrected chi connectivity index (χ2v) is 8.42. The quantitative estimate of drug-likeness (QED) is 0.663. The van der Waals surface area contributed by atoms with Crippen molar-refractivity contribution in [3.8, 4) is 11.5 Å².